The van der Waals surface area contributed by atoms with Crippen LogP contribution >= 0.6 is 11.3 Å². The van der Waals surface area contributed by atoms with Gasteiger partial charge in [0.2, 0.25) is 5.91 Å². The number of amides is 2. The van der Waals surface area contributed by atoms with Crippen LogP contribution in [-0.2, 0) is 9.53 Å². The Morgan fingerprint density at radius 2 is 2.17 bits per heavy atom. The van der Waals surface area contributed by atoms with Gasteiger partial charge in [-0.3, -0.25) is 9.59 Å². The van der Waals surface area contributed by atoms with Crippen molar-refractivity contribution in [2.75, 3.05) is 32.8 Å². The first-order valence-corrected chi connectivity index (χ1v) is 9.19. The summed E-state index contributed by atoms with van der Waals surface area (Å²) in [7, 11) is 0. The molecule has 3 heterocycles. The number of aromatic nitrogens is 1. The third kappa shape index (κ3) is 3.12. The molecule has 3 aliphatic rings. The molecule has 3 fully saturated rings. The Labute approximate surface area is 139 Å². The number of carbonyl (C=O) groups is 2. The minimum absolute atomic E-state index is 0.00261. The molecule has 1 saturated carbocycles. The van der Waals surface area contributed by atoms with Gasteiger partial charge in [-0.2, -0.15) is 0 Å². The van der Waals surface area contributed by atoms with Gasteiger partial charge < -0.3 is 14.5 Å². The van der Waals surface area contributed by atoms with Crippen LogP contribution in [0.4, 0.5) is 0 Å². The van der Waals surface area contributed by atoms with Crippen molar-refractivity contribution in [2.24, 2.45) is 5.92 Å². The third-order valence-corrected chi connectivity index (χ3v) is 5.71. The summed E-state index contributed by atoms with van der Waals surface area (Å²) >= 11 is 1.44. The zero-order valence-electron chi connectivity index (χ0n) is 13.1. The van der Waals surface area contributed by atoms with Crippen LogP contribution in [0.2, 0.25) is 0 Å². The van der Waals surface area contributed by atoms with E-state index in [2.05, 4.69) is 4.98 Å². The first-order valence-electron chi connectivity index (χ1n) is 8.24. The number of nitrogens with zero attached hydrogens (tertiary/aromatic N) is 3. The van der Waals surface area contributed by atoms with E-state index in [9.17, 15) is 9.59 Å². The minimum atomic E-state index is -0.262. The molecule has 23 heavy (non-hydrogen) atoms. The normalized spacial score (nSPS) is 24.3. The quantitative estimate of drug-likeness (QED) is 0.837. The highest BCUT2D eigenvalue weighted by molar-refractivity contribution is 7.07. The maximum atomic E-state index is 12.4. The molecule has 1 aliphatic carbocycles. The van der Waals surface area contributed by atoms with Crippen molar-refractivity contribution in [3.8, 4) is 0 Å². The number of rotatable bonds is 3. The van der Waals surface area contributed by atoms with Gasteiger partial charge in [0.15, 0.2) is 0 Å². The average molecular weight is 335 g/mol. The van der Waals surface area contributed by atoms with E-state index < -0.39 is 0 Å². The molecule has 1 spiro atoms. The summed E-state index contributed by atoms with van der Waals surface area (Å²) in [5.74, 6) is 0.812. The zero-order chi connectivity index (χ0) is 15.9. The molecule has 0 atom stereocenters. The van der Waals surface area contributed by atoms with Crippen molar-refractivity contribution in [1.82, 2.24) is 14.8 Å². The second kappa shape index (κ2) is 5.87. The van der Waals surface area contributed by atoms with Crippen LogP contribution in [0.15, 0.2) is 10.9 Å². The Balaban J connectivity index is 1.38. The number of carbonyl (C=O) groups excluding carboxylic acids is 2. The third-order valence-electron chi connectivity index (χ3n) is 5.12. The molecule has 2 amide bonds. The predicted molar refractivity (Wildman–Crippen MR) is 85.2 cm³/mol. The van der Waals surface area contributed by atoms with Crippen molar-refractivity contribution < 1.29 is 14.3 Å². The van der Waals surface area contributed by atoms with Crippen LogP contribution < -0.4 is 0 Å². The number of piperidine rings is 1. The fourth-order valence-corrected chi connectivity index (χ4v) is 3.99. The van der Waals surface area contributed by atoms with E-state index in [1.54, 1.807) is 10.9 Å². The molecule has 1 aromatic rings. The SMILES string of the molecule is O=C1COC2(CCN(C(=O)c3cscn3)CC2)CN1CC1CC1. The lowest BCUT2D eigenvalue weighted by Crippen LogP contribution is -2.59. The summed E-state index contributed by atoms with van der Waals surface area (Å²) in [6.45, 7) is 3.09. The maximum Gasteiger partial charge on any atom is 0.273 e. The molecule has 0 aromatic carbocycles. The van der Waals surface area contributed by atoms with Crippen LogP contribution in [0.25, 0.3) is 0 Å². The van der Waals surface area contributed by atoms with Crippen molar-refractivity contribution >= 4 is 23.2 Å². The zero-order valence-corrected chi connectivity index (χ0v) is 13.9. The fraction of sp³-hybridized carbons (Fsp3) is 0.688. The molecule has 2 saturated heterocycles. The van der Waals surface area contributed by atoms with Crippen LogP contribution in [0.1, 0.15) is 36.2 Å². The number of ether oxygens (including phenoxy) is 1. The molecule has 0 unspecified atom stereocenters. The van der Waals surface area contributed by atoms with E-state index in [0.717, 1.165) is 19.4 Å². The van der Waals surface area contributed by atoms with Gasteiger partial charge in [-0.15, -0.1) is 11.3 Å². The molecule has 0 radical (unpaired) electrons. The number of likely N-dealkylation sites (tertiary alicyclic amines) is 1. The number of thiazole rings is 1. The molecular weight excluding hydrogens is 314 g/mol. The number of hydrogen-bond donors (Lipinski definition) is 0. The van der Waals surface area contributed by atoms with E-state index in [1.807, 2.05) is 9.80 Å². The first-order chi connectivity index (χ1) is 11.2. The summed E-state index contributed by atoms with van der Waals surface area (Å²) in [6, 6.07) is 0. The molecule has 4 rings (SSSR count). The monoisotopic (exact) mass is 335 g/mol. The summed E-state index contributed by atoms with van der Waals surface area (Å²) in [4.78, 5) is 32.3. The minimum Gasteiger partial charge on any atom is -0.363 e. The van der Waals surface area contributed by atoms with Crippen LogP contribution in [0.3, 0.4) is 0 Å². The standard InChI is InChI=1S/C16H21N3O3S/c20-14-8-22-16(10-19(14)7-12-1-2-12)3-5-18(6-4-16)15(21)13-9-23-11-17-13/h9,11-12H,1-8,10H2. The molecule has 7 heteroatoms. The van der Waals surface area contributed by atoms with Crippen molar-refractivity contribution in [1.29, 1.82) is 0 Å². The van der Waals surface area contributed by atoms with Crippen LogP contribution in [-0.4, -0.2) is 65.0 Å². The second-order valence-corrected chi connectivity index (χ2v) is 7.57. The Bertz CT molecular complexity index is 592. The van der Waals surface area contributed by atoms with Crippen molar-refractivity contribution in [3.63, 3.8) is 0 Å². The van der Waals surface area contributed by atoms with E-state index in [-0.39, 0.29) is 24.0 Å². The number of hydrogen-bond acceptors (Lipinski definition) is 5. The lowest BCUT2D eigenvalue weighted by molar-refractivity contribution is -0.170. The topological polar surface area (TPSA) is 62.7 Å². The predicted octanol–water partition coefficient (Wildman–Crippen LogP) is 1.39. The highest BCUT2D eigenvalue weighted by Gasteiger charge is 2.44. The van der Waals surface area contributed by atoms with Crippen LogP contribution in [0.5, 0.6) is 0 Å². The Morgan fingerprint density at radius 1 is 1.39 bits per heavy atom. The maximum absolute atomic E-state index is 12.4. The molecule has 2 aliphatic heterocycles. The van der Waals surface area contributed by atoms with E-state index in [4.69, 9.17) is 4.74 Å². The Kier molecular flexibility index (Phi) is 3.85. The average Bonchev–Trinajstić information content (AvgIpc) is 3.21. The van der Waals surface area contributed by atoms with Crippen molar-refractivity contribution in [2.45, 2.75) is 31.3 Å². The van der Waals surface area contributed by atoms with Gasteiger partial charge in [0.1, 0.15) is 12.3 Å². The van der Waals surface area contributed by atoms with Gasteiger partial charge in [0.05, 0.1) is 11.1 Å². The lowest BCUT2D eigenvalue weighted by Gasteiger charge is -2.47. The Hall–Kier alpha value is -1.47. The van der Waals surface area contributed by atoms with Gasteiger partial charge >= 0.3 is 0 Å². The van der Waals surface area contributed by atoms with Gasteiger partial charge in [0.25, 0.3) is 5.91 Å². The summed E-state index contributed by atoms with van der Waals surface area (Å²) < 4.78 is 5.93. The largest absolute Gasteiger partial charge is 0.363 e. The van der Waals surface area contributed by atoms with Gasteiger partial charge in [0, 0.05) is 31.6 Å². The van der Waals surface area contributed by atoms with Gasteiger partial charge in [-0.25, -0.2) is 4.98 Å². The van der Waals surface area contributed by atoms with Crippen LogP contribution in [0, 0.1) is 5.92 Å². The fourth-order valence-electron chi connectivity index (χ4n) is 3.47. The van der Waals surface area contributed by atoms with E-state index in [1.165, 1.54) is 24.2 Å². The van der Waals surface area contributed by atoms with Gasteiger partial charge in [-0.05, 0) is 31.6 Å². The molecule has 124 valence electrons. The molecular formula is C16H21N3O3S. The molecule has 0 N–H and O–H groups in total. The summed E-state index contributed by atoms with van der Waals surface area (Å²) in [5, 5.41) is 1.79. The molecule has 6 nitrogen and oxygen atoms in total. The van der Waals surface area contributed by atoms with E-state index in [0.29, 0.717) is 31.2 Å². The molecule has 1 aromatic heterocycles. The highest BCUT2D eigenvalue weighted by atomic mass is 32.1. The number of morpholine rings is 1. The lowest BCUT2D eigenvalue weighted by atomic mass is 9.89. The molecule has 0 bridgehead atoms. The second-order valence-electron chi connectivity index (χ2n) is 6.86. The Morgan fingerprint density at radius 3 is 2.83 bits per heavy atom. The summed E-state index contributed by atoms with van der Waals surface area (Å²) in [6.07, 6.45) is 4.07. The smallest absolute Gasteiger partial charge is 0.273 e. The van der Waals surface area contributed by atoms with Gasteiger partial charge in [-0.1, -0.05) is 0 Å². The first kappa shape index (κ1) is 15.1. The van der Waals surface area contributed by atoms with E-state index >= 15 is 0 Å². The summed E-state index contributed by atoms with van der Waals surface area (Å²) in [5.41, 5.74) is 1.95. The van der Waals surface area contributed by atoms with Crippen molar-refractivity contribution in [3.05, 3.63) is 16.6 Å². The highest BCUT2D eigenvalue weighted by Crippen LogP contribution is 2.35.